The number of guanidine groups is 1. The zero-order valence-corrected chi connectivity index (χ0v) is 13.1. The van der Waals surface area contributed by atoms with E-state index in [2.05, 4.69) is 5.10 Å². The second-order valence-electron chi connectivity index (χ2n) is 4.61. The van der Waals surface area contributed by atoms with Crippen molar-refractivity contribution >= 4 is 29.5 Å². The SMILES string of the molecule is CCN1COCN(C(=O)/C=C/c2ccc(Cl)cc2)/C1=N/[N+](=O)[O-]. The fourth-order valence-corrected chi connectivity index (χ4v) is 2.07. The number of hydrogen-bond acceptors (Lipinski definition) is 4. The molecule has 0 bridgehead atoms. The third-order valence-electron chi connectivity index (χ3n) is 3.10. The Bertz CT molecular complexity index is 645. The lowest BCUT2D eigenvalue weighted by atomic mass is 10.2. The van der Waals surface area contributed by atoms with Crippen LogP contribution >= 0.6 is 11.6 Å². The smallest absolute Gasteiger partial charge is 0.284 e. The predicted octanol–water partition coefficient (Wildman–Crippen LogP) is 2.00. The zero-order valence-electron chi connectivity index (χ0n) is 12.4. The van der Waals surface area contributed by atoms with Gasteiger partial charge in [0.1, 0.15) is 18.6 Å². The van der Waals surface area contributed by atoms with Crippen LogP contribution in [0, 0.1) is 10.1 Å². The summed E-state index contributed by atoms with van der Waals surface area (Å²) in [4.78, 5) is 25.6. The largest absolute Gasteiger partial charge is 0.340 e. The molecule has 0 unspecified atom stereocenters. The Balaban J connectivity index is 2.18. The molecule has 0 aromatic heterocycles. The van der Waals surface area contributed by atoms with Gasteiger partial charge in [-0.25, -0.2) is 15.0 Å². The van der Waals surface area contributed by atoms with E-state index in [1.165, 1.54) is 11.0 Å². The molecule has 0 saturated carbocycles. The van der Waals surface area contributed by atoms with Crippen molar-refractivity contribution in [3.05, 3.63) is 51.0 Å². The van der Waals surface area contributed by atoms with E-state index in [0.29, 0.717) is 11.6 Å². The number of hydrazone groups is 1. The van der Waals surface area contributed by atoms with Crippen LogP contribution in [0.5, 0.6) is 0 Å². The second kappa shape index (κ2) is 7.70. The van der Waals surface area contributed by atoms with Gasteiger partial charge in [-0.3, -0.25) is 4.79 Å². The first kappa shape index (κ1) is 16.9. The molecule has 1 saturated heterocycles. The maximum absolute atomic E-state index is 12.3. The molecule has 0 spiro atoms. The zero-order chi connectivity index (χ0) is 16.8. The number of rotatable bonds is 4. The number of amides is 1. The minimum absolute atomic E-state index is 0.0329. The van der Waals surface area contributed by atoms with E-state index in [9.17, 15) is 14.9 Å². The third-order valence-corrected chi connectivity index (χ3v) is 3.35. The summed E-state index contributed by atoms with van der Waals surface area (Å²) in [5.74, 6) is -0.492. The van der Waals surface area contributed by atoms with Crippen molar-refractivity contribution in [3.8, 4) is 0 Å². The van der Waals surface area contributed by atoms with Crippen molar-refractivity contribution in [2.45, 2.75) is 6.92 Å². The highest BCUT2D eigenvalue weighted by Gasteiger charge is 2.30. The lowest BCUT2D eigenvalue weighted by Crippen LogP contribution is -2.53. The Hall–Kier alpha value is -2.45. The standard InChI is InChI=1S/C14H15ClN4O4/c1-2-17-9-23-10-18(14(17)16-19(21)22)13(20)8-5-11-3-6-12(15)7-4-11/h3-8H,2,9-10H2,1H3/b8-5+,16-14+. The van der Waals surface area contributed by atoms with Gasteiger partial charge >= 0.3 is 0 Å². The number of nitro groups is 1. The van der Waals surface area contributed by atoms with Crippen LogP contribution in [-0.4, -0.2) is 46.7 Å². The Morgan fingerprint density at radius 2 is 2.13 bits per heavy atom. The van der Waals surface area contributed by atoms with Crippen molar-refractivity contribution in [1.29, 1.82) is 0 Å². The molecule has 122 valence electrons. The molecule has 2 rings (SSSR count). The van der Waals surface area contributed by atoms with Crippen LogP contribution in [0.3, 0.4) is 0 Å². The normalized spacial score (nSPS) is 17.0. The van der Waals surface area contributed by atoms with Gasteiger partial charge in [-0.15, -0.1) is 0 Å². The average molecular weight is 339 g/mol. The van der Waals surface area contributed by atoms with Crippen molar-refractivity contribution in [2.75, 3.05) is 20.0 Å². The van der Waals surface area contributed by atoms with Crippen molar-refractivity contribution < 1.29 is 14.6 Å². The molecule has 8 nitrogen and oxygen atoms in total. The van der Waals surface area contributed by atoms with Gasteiger partial charge in [-0.1, -0.05) is 23.7 Å². The van der Waals surface area contributed by atoms with E-state index in [4.69, 9.17) is 16.3 Å². The van der Waals surface area contributed by atoms with E-state index < -0.39 is 10.9 Å². The number of hydrogen-bond donors (Lipinski definition) is 0. The lowest BCUT2D eigenvalue weighted by Gasteiger charge is -2.34. The van der Waals surface area contributed by atoms with Crippen molar-refractivity contribution in [3.63, 3.8) is 0 Å². The fourth-order valence-electron chi connectivity index (χ4n) is 1.95. The highest BCUT2D eigenvalue weighted by Crippen LogP contribution is 2.12. The summed E-state index contributed by atoms with van der Waals surface area (Å²) < 4.78 is 5.26. The molecule has 1 amide bonds. The minimum atomic E-state index is -0.827. The molecule has 1 fully saturated rings. The van der Waals surface area contributed by atoms with Gasteiger partial charge in [0.25, 0.3) is 11.9 Å². The van der Waals surface area contributed by atoms with Crippen LogP contribution in [0.2, 0.25) is 5.02 Å². The van der Waals surface area contributed by atoms with Crippen LogP contribution < -0.4 is 0 Å². The number of carbonyl (C=O) groups is 1. The van der Waals surface area contributed by atoms with Crippen LogP contribution in [0.4, 0.5) is 0 Å². The molecule has 0 radical (unpaired) electrons. The number of benzene rings is 1. The summed E-state index contributed by atoms with van der Waals surface area (Å²) in [5.41, 5.74) is 0.779. The van der Waals surface area contributed by atoms with Crippen LogP contribution in [-0.2, 0) is 9.53 Å². The van der Waals surface area contributed by atoms with Gasteiger partial charge in [0.15, 0.2) is 5.03 Å². The number of halogens is 1. The van der Waals surface area contributed by atoms with Gasteiger partial charge in [0, 0.05) is 17.6 Å². The first-order valence-corrected chi connectivity index (χ1v) is 7.20. The van der Waals surface area contributed by atoms with Crippen LogP contribution in [0.1, 0.15) is 12.5 Å². The molecule has 1 heterocycles. The van der Waals surface area contributed by atoms with Crippen molar-refractivity contribution in [1.82, 2.24) is 9.80 Å². The molecule has 1 aliphatic heterocycles. The summed E-state index contributed by atoms with van der Waals surface area (Å²) in [5, 5.41) is 13.8. The first-order valence-electron chi connectivity index (χ1n) is 6.82. The second-order valence-corrected chi connectivity index (χ2v) is 5.04. The Morgan fingerprint density at radius 3 is 2.74 bits per heavy atom. The lowest BCUT2D eigenvalue weighted by molar-refractivity contribution is -0.486. The summed E-state index contributed by atoms with van der Waals surface area (Å²) in [6.45, 7) is 2.27. The van der Waals surface area contributed by atoms with Gasteiger partial charge < -0.3 is 9.64 Å². The molecule has 23 heavy (non-hydrogen) atoms. The predicted molar refractivity (Wildman–Crippen MR) is 85.0 cm³/mol. The van der Waals surface area contributed by atoms with Crippen LogP contribution in [0.15, 0.2) is 35.4 Å². The van der Waals surface area contributed by atoms with Crippen LogP contribution in [0.25, 0.3) is 6.08 Å². The fraction of sp³-hybridized carbons (Fsp3) is 0.286. The molecule has 0 atom stereocenters. The molecular weight excluding hydrogens is 324 g/mol. The third kappa shape index (κ3) is 4.51. The van der Waals surface area contributed by atoms with Gasteiger partial charge in [0.05, 0.1) is 0 Å². The molecule has 1 aliphatic rings. The highest BCUT2D eigenvalue weighted by atomic mass is 35.5. The van der Waals surface area contributed by atoms with E-state index in [-0.39, 0.29) is 19.4 Å². The molecule has 1 aromatic rings. The first-order chi connectivity index (χ1) is 11.0. The Kier molecular flexibility index (Phi) is 5.67. The van der Waals surface area contributed by atoms with E-state index in [1.807, 2.05) is 0 Å². The summed E-state index contributed by atoms with van der Waals surface area (Å²) in [7, 11) is 0. The van der Waals surface area contributed by atoms with E-state index >= 15 is 0 Å². The summed E-state index contributed by atoms with van der Waals surface area (Å²) in [6, 6.07) is 6.91. The summed E-state index contributed by atoms with van der Waals surface area (Å²) in [6.07, 6.45) is 2.90. The van der Waals surface area contributed by atoms with E-state index in [1.54, 1.807) is 37.3 Å². The molecule has 9 heteroatoms. The molecule has 0 N–H and O–H groups in total. The topological polar surface area (TPSA) is 88.3 Å². The van der Waals surface area contributed by atoms with E-state index in [0.717, 1.165) is 10.5 Å². The Morgan fingerprint density at radius 1 is 1.43 bits per heavy atom. The Labute approximate surface area is 137 Å². The maximum atomic E-state index is 12.3. The monoisotopic (exact) mass is 338 g/mol. The van der Waals surface area contributed by atoms with Crippen molar-refractivity contribution in [2.24, 2.45) is 5.10 Å². The van der Waals surface area contributed by atoms with Gasteiger partial charge in [-0.2, -0.15) is 0 Å². The maximum Gasteiger partial charge on any atom is 0.284 e. The highest BCUT2D eigenvalue weighted by molar-refractivity contribution is 6.30. The molecular formula is C14H15ClN4O4. The quantitative estimate of drug-likeness (QED) is 0.476. The average Bonchev–Trinajstić information content (AvgIpc) is 2.53. The number of nitrogens with zero attached hydrogens (tertiary/aromatic N) is 4. The number of ether oxygens (including phenoxy) is 1. The molecule has 1 aromatic carbocycles. The summed E-state index contributed by atoms with van der Waals surface area (Å²) >= 11 is 5.79. The molecule has 0 aliphatic carbocycles. The minimum Gasteiger partial charge on any atom is -0.340 e. The number of carbonyl (C=O) groups excluding carboxylic acids is 1. The van der Waals surface area contributed by atoms with Gasteiger partial charge in [-0.05, 0) is 30.7 Å². The van der Waals surface area contributed by atoms with Gasteiger partial charge in [0.2, 0.25) is 0 Å².